The van der Waals surface area contributed by atoms with Crippen LogP contribution in [-0.4, -0.2) is 23.1 Å². The van der Waals surface area contributed by atoms with E-state index in [2.05, 4.69) is 10.5 Å². The molecular weight excluding hydrogens is 326 g/mol. The van der Waals surface area contributed by atoms with Gasteiger partial charge < -0.3 is 14.6 Å². The van der Waals surface area contributed by atoms with Crippen molar-refractivity contribution in [3.05, 3.63) is 57.8 Å². The van der Waals surface area contributed by atoms with E-state index in [1.54, 1.807) is 6.07 Å². The molecule has 0 bridgehead atoms. The third kappa shape index (κ3) is 3.42. The lowest BCUT2D eigenvalue weighted by Crippen LogP contribution is -2.15. The molecule has 0 saturated carbocycles. The predicted molar refractivity (Wildman–Crippen MR) is 90.7 cm³/mol. The van der Waals surface area contributed by atoms with E-state index in [4.69, 9.17) is 9.26 Å². The summed E-state index contributed by atoms with van der Waals surface area (Å²) in [5.74, 6) is -0.118. The van der Waals surface area contributed by atoms with Crippen molar-refractivity contribution in [1.29, 1.82) is 0 Å². The summed E-state index contributed by atoms with van der Waals surface area (Å²) in [4.78, 5) is 22.6. The van der Waals surface area contributed by atoms with Crippen LogP contribution in [0.2, 0.25) is 0 Å². The second kappa shape index (κ2) is 6.60. The number of hydrogen-bond donors (Lipinski definition) is 1. The van der Waals surface area contributed by atoms with Gasteiger partial charge in [0.2, 0.25) is 5.91 Å². The van der Waals surface area contributed by atoms with E-state index in [0.29, 0.717) is 17.0 Å². The largest absolute Gasteiger partial charge is 0.494 e. The van der Waals surface area contributed by atoms with E-state index in [-0.39, 0.29) is 23.8 Å². The molecule has 0 aliphatic carbocycles. The molecule has 3 rings (SSSR count). The van der Waals surface area contributed by atoms with E-state index in [1.165, 1.54) is 25.3 Å². The fourth-order valence-electron chi connectivity index (χ4n) is 2.47. The Morgan fingerprint density at radius 2 is 2.12 bits per heavy atom. The molecule has 3 aromatic rings. The molecule has 0 atom stereocenters. The van der Waals surface area contributed by atoms with E-state index >= 15 is 0 Å². The van der Waals surface area contributed by atoms with Gasteiger partial charge in [0.1, 0.15) is 11.4 Å². The second-order valence-corrected chi connectivity index (χ2v) is 5.50. The van der Waals surface area contributed by atoms with Crippen molar-refractivity contribution in [2.45, 2.75) is 13.3 Å². The number of methoxy groups -OCH3 is 1. The van der Waals surface area contributed by atoms with Crippen LogP contribution in [-0.2, 0) is 11.2 Å². The molecule has 0 fully saturated rings. The number of nitrogens with zero attached hydrogens (tertiary/aromatic N) is 2. The topological polar surface area (TPSA) is 108 Å². The van der Waals surface area contributed by atoms with Gasteiger partial charge in [0.25, 0.3) is 5.69 Å². The number of nitrogens with one attached hydrogen (secondary N) is 1. The van der Waals surface area contributed by atoms with Crippen LogP contribution in [0.3, 0.4) is 0 Å². The van der Waals surface area contributed by atoms with Crippen LogP contribution in [0.4, 0.5) is 11.4 Å². The highest BCUT2D eigenvalue weighted by molar-refractivity contribution is 5.96. The highest BCUT2D eigenvalue weighted by Gasteiger charge is 2.16. The quantitative estimate of drug-likeness (QED) is 0.564. The molecule has 0 radical (unpaired) electrons. The van der Waals surface area contributed by atoms with Crippen molar-refractivity contribution in [2.24, 2.45) is 0 Å². The number of benzene rings is 2. The van der Waals surface area contributed by atoms with E-state index in [1.807, 2.05) is 19.1 Å². The van der Waals surface area contributed by atoms with Gasteiger partial charge >= 0.3 is 0 Å². The molecule has 8 heteroatoms. The van der Waals surface area contributed by atoms with Crippen LogP contribution in [0.5, 0.6) is 5.75 Å². The SMILES string of the molecule is COc1cc([N+](=O)[O-])ccc1NC(=O)Cc1noc2ccc(C)cc12. The lowest BCUT2D eigenvalue weighted by molar-refractivity contribution is -0.384. The van der Waals surface area contributed by atoms with Crippen LogP contribution < -0.4 is 10.1 Å². The molecule has 25 heavy (non-hydrogen) atoms. The molecule has 1 heterocycles. The van der Waals surface area contributed by atoms with Crippen molar-refractivity contribution < 1.29 is 19.0 Å². The molecule has 128 valence electrons. The zero-order chi connectivity index (χ0) is 18.0. The minimum atomic E-state index is -0.530. The fraction of sp³-hybridized carbons (Fsp3) is 0.176. The standard InChI is InChI=1S/C17H15N3O5/c1-10-3-6-15-12(7-10)14(19-25-15)9-17(21)18-13-5-4-11(20(22)23)8-16(13)24-2/h3-8H,9H2,1-2H3,(H,18,21). The minimum absolute atomic E-state index is 0.0105. The van der Waals surface area contributed by atoms with Crippen LogP contribution in [0.15, 0.2) is 40.9 Å². The van der Waals surface area contributed by atoms with Crippen molar-refractivity contribution in [1.82, 2.24) is 5.16 Å². The average Bonchev–Trinajstić information content (AvgIpc) is 2.97. The molecule has 1 amide bonds. The number of hydrogen-bond acceptors (Lipinski definition) is 6. The number of amides is 1. The maximum atomic E-state index is 12.3. The van der Waals surface area contributed by atoms with Crippen LogP contribution in [0.1, 0.15) is 11.3 Å². The molecule has 0 spiro atoms. The fourth-order valence-corrected chi connectivity index (χ4v) is 2.47. The zero-order valence-electron chi connectivity index (χ0n) is 13.6. The van der Waals surface area contributed by atoms with Gasteiger partial charge in [-0.3, -0.25) is 14.9 Å². The molecule has 1 N–H and O–H groups in total. The molecule has 0 unspecified atom stereocenters. The van der Waals surface area contributed by atoms with Gasteiger partial charge in [0.15, 0.2) is 5.58 Å². The summed E-state index contributed by atoms with van der Waals surface area (Å²) in [6.07, 6.45) is 0.0105. The van der Waals surface area contributed by atoms with Crippen LogP contribution in [0, 0.1) is 17.0 Å². The number of nitro benzene ring substituents is 1. The van der Waals surface area contributed by atoms with Crippen molar-refractivity contribution in [2.75, 3.05) is 12.4 Å². The van der Waals surface area contributed by atoms with Gasteiger partial charge in [-0.25, -0.2) is 0 Å². The summed E-state index contributed by atoms with van der Waals surface area (Å²) < 4.78 is 10.3. The molecule has 1 aromatic heterocycles. The zero-order valence-corrected chi connectivity index (χ0v) is 13.6. The Balaban J connectivity index is 1.80. The first-order valence-corrected chi connectivity index (χ1v) is 7.45. The van der Waals surface area contributed by atoms with Crippen LogP contribution >= 0.6 is 0 Å². The van der Waals surface area contributed by atoms with Gasteiger partial charge in [0, 0.05) is 11.5 Å². The van der Waals surface area contributed by atoms with Crippen molar-refractivity contribution in [3.63, 3.8) is 0 Å². The summed E-state index contributed by atoms with van der Waals surface area (Å²) in [6, 6.07) is 9.59. The number of carbonyl (C=O) groups is 1. The smallest absolute Gasteiger partial charge is 0.273 e. The minimum Gasteiger partial charge on any atom is -0.494 e. The first-order valence-electron chi connectivity index (χ1n) is 7.45. The number of nitro groups is 1. The molecule has 2 aromatic carbocycles. The maximum Gasteiger partial charge on any atom is 0.273 e. The molecule has 8 nitrogen and oxygen atoms in total. The number of non-ortho nitro benzene ring substituents is 1. The summed E-state index contributed by atoms with van der Waals surface area (Å²) in [5, 5.41) is 18.2. The number of aryl methyl sites for hydroxylation is 1. The summed E-state index contributed by atoms with van der Waals surface area (Å²) >= 11 is 0. The maximum absolute atomic E-state index is 12.3. The van der Waals surface area contributed by atoms with Gasteiger partial charge in [-0.05, 0) is 25.1 Å². The lowest BCUT2D eigenvalue weighted by Gasteiger charge is -2.09. The number of ether oxygens (including phenoxy) is 1. The van der Waals surface area contributed by atoms with Gasteiger partial charge in [-0.2, -0.15) is 0 Å². The van der Waals surface area contributed by atoms with E-state index in [9.17, 15) is 14.9 Å². The Kier molecular flexibility index (Phi) is 4.34. The number of anilines is 1. The Morgan fingerprint density at radius 1 is 1.32 bits per heavy atom. The number of fused-ring (bicyclic) bond motifs is 1. The first-order chi connectivity index (χ1) is 12.0. The predicted octanol–water partition coefficient (Wildman–Crippen LogP) is 3.23. The van der Waals surface area contributed by atoms with E-state index in [0.717, 1.165) is 10.9 Å². The van der Waals surface area contributed by atoms with E-state index < -0.39 is 4.92 Å². The van der Waals surface area contributed by atoms with Gasteiger partial charge in [-0.15, -0.1) is 0 Å². The Hall–Kier alpha value is -3.42. The second-order valence-electron chi connectivity index (χ2n) is 5.50. The summed E-state index contributed by atoms with van der Waals surface area (Å²) in [5.41, 5.74) is 2.41. The van der Waals surface area contributed by atoms with Gasteiger partial charge in [-0.1, -0.05) is 16.8 Å². The van der Waals surface area contributed by atoms with Crippen molar-refractivity contribution in [3.8, 4) is 5.75 Å². The number of rotatable bonds is 5. The number of carbonyl (C=O) groups excluding carboxylic acids is 1. The normalized spacial score (nSPS) is 10.6. The number of aromatic nitrogens is 1. The third-order valence-electron chi connectivity index (χ3n) is 3.70. The third-order valence-corrected chi connectivity index (χ3v) is 3.70. The van der Waals surface area contributed by atoms with Crippen molar-refractivity contribution >= 4 is 28.3 Å². The average molecular weight is 341 g/mol. The highest BCUT2D eigenvalue weighted by atomic mass is 16.6. The molecule has 0 aliphatic rings. The Bertz CT molecular complexity index is 964. The molecule has 0 saturated heterocycles. The van der Waals surface area contributed by atoms with Crippen LogP contribution in [0.25, 0.3) is 11.0 Å². The first kappa shape index (κ1) is 16.4. The molecule has 0 aliphatic heterocycles. The summed E-state index contributed by atoms with van der Waals surface area (Å²) in [6.45, 7) is 1.94. The molecular formula is C17H15N3O5. The Labute approximate surface area is 142 Å². The van der Waals surface area contributed by atoms with Gasteiger partial charge in [0.05, 0.1) is 30.2 Å². The highest BCUT2D eigenvalue weighted by Crippen LogP contribution is 2.29. The Morgan fingerprint density at radius 3 is 2.84 bits per heavy atom. The monoisotopic (exact) mass is 341 g/mol. The summed E-state index contributed by atoms with van der Waals surface area (Å²) in [7, 11) is 1.38. The lowest BCUT2D eigenvalue weighted by atomic mass is 10.1.